The summed E-state index contributed by atoms with van der Waals surface area (Å²) >= 11 is 0. The number of rotatable bonds is 1. The maximum Gasteiger partial charge on any atom is 0.372 e. The summed E-state index contributed by atoms with van der Waals surface area (Å²) in [5, 5.41) is 0.888. The fraction of sp³-hybridized carbons (Fsp3) is 0. The lowest BCUT2D eigenvalue weighted by atomic mass is 10.1. The van der Waals surface area contributed by atoms with E-state index < -0.39 is 5.69 Å². The van der Waals surface area contributed by atoms with Crippen molar-refractivity contribution in [3.63, 3.8) is 0 Å². The summed E-state index contributed by atoms with van der Waals surface area (Å²) in [6.07, 6.45) is 0. The van der Waals surface area contributed by atoms with Gasteiger partial charge in [-0.25, -0.2) is 10.6 Å². The van der Waals surface area contributed by atoms with E-state index in [9.17, 15) is 4.79 Å². The van der Waals surface area contributed by atoms with Gasteiger partial charge in [-0.05, 0) is 12.1 Å². The highest BCUT2D eigenvalue weighted by Gasteiger charge is 2.15. The molecule has 6 nitrogen and oxygen atoms in total. The van der Waals surface area contributed by atoms with E-state index in [4.69, 9.17) is 10.3 Å². The second-order valence-corrected chi connectivity index (χ2v) is 3.50. The molecule has 0 amide bonds. The first-order valence-corrected chi connectivity index (χ1v) is 4.95. The van der Waals surface area contributed by atoms with Crippen LogP contribution in [0.4, 0.5) is 5.82 Å². The van der Waals surface area contributed by atoms with Crippen LogP contribution in [0.1, 0.15) is 0 Å². The lowest BCUT2D eigenvalue weighted by Crippen LogP contribution is -2.19. The van der Waals surface area contributed by atoms with Crippen LogP contribution < -0.4 is 17.0 Å². The van der Waals surface area contributed by atoms with Crippen LogP contribution in [-0.2, 0) is 0 Å². The third kappa shape index (κ3) is 1.51. The molecule has 0 radical (unpaired) electrons. The maximum absolute atomic E-state index is 11.2. The van der Waals surface area contributed by atoms with Crippen molar-refractivity contribution < 1.29 is 4.42 Å². The van der Waals surface area contributed by atoms with Gasteiger partial charge in [-0.15, -0.1) is 0 Å². The third-order valence-electron chi connectivity index (χ3n) is 2.45. The van der Waals surface area contributed by atoms with Crippen molar-refractivity contribution in [3.05, 3.63) is 40.8 Å². The van der Waals surface area contributed by atoms with Crippen molar-refractivity contribution in [2.24, 2.45) is 5.84 Å². The van der Waals surface area contributed by atoms with Gasteiger partial charge in [0.1, 0.15) is 5.58 Å². The van der Waals surface area contributed by atoms with E-state index in [1.807, 2.05) is 24.3 Å². The summed E-state index contributed by atoms with van der Waals surface area (Å²) < 4.78 is 5.52. The quantitative estimate of drug-likeness (QED) is 0.366. The molecule has 84 valence electrons. The fourth-order valence-electron chi connectivity index (χ4n) is 1.70. The molecule has 2 heterocycles. The first-order valence-electron chi connectivity index (χ1n) is 4.95. The van der Waals surface area contributed by atoms with Gasteiger partial charge in [-0.2, -0.15) is 9.97 Å². The molecule has 17 heavy (non-hydrogen) atoms. The van der Waals surface area contributed by atoms with E-state index in [2.05, 4.69) is 15.4 Å². The van der Waals surface area contributed by atoms with E-state index in [1.165, 1.54) is 0 Å². The first kappa shape index (κ1) is 9.73. The number of hydrazine groups is 1. The van der Waals surface area contributed by atoms with E-state index in [0.717, 1.165) is 5.39 Å². The minimum atomic E-state index is -0.635. The van der Waals surface area contributed by atoms with Gasteiger partial charge in [0.05, 0.1) is 5.56 Å². The second-order valence-electron chi connectivity index (χ2n) is 3.50. The number of nitrogens with one attached hydrogen (secondary N) is 1. The van der Waals surface area contributed by atoms with Crippen LogP contribution in [-0.4, -0.2) is 9.97 Å². The monoisotopic (exact) mass is 228 g/mol. The zero-order chi connectivity index (χ0) is 11.8. The number of anilines is 1. The number of hydrogen-bond acceptors (Lipinski definition) is 6. The smallest absolute Gasteiger partial charge is 0.372 e. The molecule has 1 aromatic carbocycles. The van der Waals surface area contributed by atoms with Gasteiger partial charge in [0.2, 0.25) is 5.89 Å². The van der Waals surface area contributed by atoms with Crippen LogP contribution >= 0.6 is 0 Å². The van der Waals surface area contributed by atoms with Gasteiger partial charge in [0.15, 0.2) is 5.82 Å². The third-order valence-corrected chi connectivity index (χ3v) is 2.45. The first-order chi connectivity index (χ1) is 8.28. The highest BCUT2D eigenvalue weighted by molar-refractivity contribution is 5.85. The summed E-state index contributed by atoms with van der Waals surface area (Å²) in [5.74, 6) is 5.79. The Bertz CT molecular complexity index is 722. The molecule has 1 aromatic rings. The van der Waals surface area contributed by atoms with Gasteiger partial charge in [0.25, 0.3) is 0 Å². The maximum atomic E-state index is 11.2. The lowest BCUT2D eigenvalue weighted by molar-refractivity contribution is 0.594. The summed E-state index contributed by atoms with van der Waals surface area (Å²) in [4.78, 5) is 18.6. The number of hydrogen-bond donors (Lipinski definition) is 2. The number of benzene rings is 1. The zero-order valence-corrected chi connectivity index (χ0v) is 8.68. The van der Waals surface area contributed by atoms with E-state index in [-0.39, 0.29) is 11.7 Å². The minimum Gasteiger partial charge on any atom is -0.437 e. The van der Waals surface area contributed by atoms with Crippen molar-refractivity contribution in [1.29, 1.82) is 0 Å². The van der Waals surface area contributed by atoms with Crippen LogP contribution in [0.15, 0.2) is 39.5 Å². The summed E-state index contributed by atoms with van der Waals surface area (Å²) in [6, 6.07) is 9.25. The van der Waals surface area contributed by atoms with Crippen molar-refractivity contribution in [3.8, 4) is 11.5 Å². The number of fused-ring (bicyclic) bond motifs is 2. The summed E-state index contributed by atoms with van der Waals surface area (Å²) in [6.45, 7) is 0. The van der Waals surface area contributed by atoms with E-state index in [1.54, 1.807) is 6.07 Å². The fourth-order valence-corrected chi connectivity index (χ4v) is 1.70. The van der Waals surface area contributed by atoms with Crippen molar-refractivity contribution in [2.45, 2.75) is 0 Å². The molecule has 0 aromatic heterocycles. The minimum absolute atomic E-state index is 0.219. The standard InChI is InChI=1S/C11H8N4O2/c12-15-9-7-5-6-3-1-2-4-8(6)17-10(7)14-11(16)13-9/h1-5H,12H2,(H,13,15,16). The van der Waals surface area contributed by atoms with Crippen molar-refractivity contribution in [2.75, 3.05) is 5.43 Å². The molecule has 0 atom stereocenters. The average Bonchev–Trinajstić information content (AvgIpc) is 2.35. The zero-order valence-electron chi connectivity index (χ0n) is 8.68. The molecule has 2 aliphatic heterocycles. The largest absolute Gasteiger partial charge is 0.437 e. The Morgan fingerprint density at radius 3 is 2.88 bits per heavy atom. The molecule has 6 heteroatoms. The Hall–Kier alpha value is -2.47. The van der Waals surface area contributed by atoms with Crippen LogP contribution in [0.3, 0.4) is 0 Å². The molecule has 0 bridgehead atoms. The Morgan fingerprint density at radius 1 is 1.24 bits per heavy atom. The predicted molar refractivity (Wildman–Crippen MR) is 62.5 cm³/mol. The predicted octanol–water partition coefficient (Wildman–Crippen LogP) is 0.973. The normalized spacial score (nSPS) is 10.9. The molecular weight excluding hydrogens is 220 g/mol. The Morgan fingerprint density at radius 2 is 2.06 bits per heavy atom. The molecule has 2 aliphatic rings. The van der Waals surface area contributed by atoms with Gasteiger partial charge < -0.3 is 9.84 Å². The van der Waals surface area contributed by atoms with Gasteiger partial charge in [0, 0.05) is 5.39 Å². The molecule has 0 saturated carbocycles. The average molecular weight is 228 g/mol. The highest BCUT2D eigenvalue weighted by atomic mass is 16.3. The van der Waals surface area contributed by atoms with Crippen molar-refractivity contribution >= 4 is 16.8 Å². The molecule has 0 aliphatic carbocycles. The number of nitrogens with zero attached hydrogens (tertiary/aromatic N) is 2. The van der Waals surface area contributed by atoms with Gasteiger partial charge >= 0.3 is 5.69 Å². The number of nitrogens with two attached hydrogens (primary N) is 1. The number of para-hydroxylation sites is 1. The van der Waals surface area contributed by atoms with E-state index >= 15 is 0 Å². The molecule has 0 spiro atoms. The molecule has 0 fully saturated rings. The molecule has 3 N–H and O–H groups in total. The van der Waals surface area contributed by atoms with E-state index in [0.29, 0.717) is 11.1 Å². The molecule has 3 rings (SSSR count). The Labute approximate surface area is 95.4 Å². The molecular formula is C11H8N4O2. The lowest BCUT2D eigenvalue weighted by Gasteiger charge is -2.08. The highest BCUT2D eigenvalue weighted by Crippen LogP contribution is 2.29. The second kappa shape index (κ2) is 3.53. The Kier molecular flexibility index (Phi) is 2.02. The molecule has 0 unspecified atom stereocenters. The number of aromatic nitrogens is 2. The van der Waals surface area contributed by atoms with Crippen LogP contribution in [0.2, 0.25) is 0 Å². The topological polar surface area (TPSA) is 94.0 Å². The SMILES string of the molecule is NNc1nc(=O)nc2oc3ccccc3cc1-2. The molecule has 0 saturated heterocycles. The van der Waals surface area contributed by atoms with Gasteiger partial charge in [-0.3, -0.25) is 0 Å². The Balaban J connectivity index is 2.47. The van der Waals surface area contributed by atoms with Crippen molar-refractivity contribution in [1.82, 2.24) is 9.97 Å². The van der Waals surface area contributed by atoms with Crippen LogP contribution in [0.5, 0.6) is 0 Å². The van der Waals surface area contributed by atoms with Crippen LogP contribution in [0.25, 0.3) is 22.4 Å². The van der Waals surface area contributed by atoms with Gasteiger partial charge in [-0.1, -0.05) is 18.2 Å². The van der Waals surface area contributed by atoms with Crippen LogP contribution in [0, 0.1) is 0 Å². The number of nitrogen functional groups attached to an aromatic ring is 1. The summed E-state index contributed by atoms with van der Waals surface area (Å²) in [7, 11) is 0. The summed E-state index contributed by atoms with van der Waals surface area (Å²) in [5.41, 5.74) is 2.96.